The van der Waals surface area contributed by atoms with Gasteiger partial charge < -0.3 is 10.6 Å². The molecule has 0 fully saturated rings. The highest BCUT2D eigenvalue weighted by molar-refractivity contribution is 7.16. The van der Waals surface area contributed by atoms with E-state index < -0.39 is 0 Å². The predicted octanol–water partition coefficient (Wildman–Crippen LogP) is 2.81. The minimum atomic E-state index is 0.621. The highest BCUT2D eigenvalue weighted by atomic mass is 35.5. The van der Waals surface area contributed by atoms with Crippen molar-refractivity contribution in [3.8, 4) is 6.07 Å². The summed E-state index contributed by atoms with van der Waals surface area (Å²) in [5.74, 6) is 0. The fraction of sp³-hybridized carbons (Fsp3) is 0.231. The van der Waals surface area contributed by atoms with Crippen LogP contribution in [-0.2, 0) is 13.0 Å². The number of rotatable bonds is 1. The number of fused-ring (bicyclic) bond motifs is 1. The first kappa shape index (κ1) is 12.3. The highest BCUT2D eigenvalue weighted by Gasteiger charge is 2.24. The van der Waals surface area contributed by atoms with E-state index in [0.717, 1.165) is 35.6 Å². The van der Waals surface area contributed by atoms with E-state index in [9.17, 15) is 0 Å². The SMILES string of the molecule is N#Cc1c(N)sc2c1CCN(c1ccncc1Cl)C2. The lowest BCUT2D eigenvalue weighted by molar-refractivity contribution is 0.743. The van der Waals surface area contributed by atoms with Gasteiger partial charge in [0, 0.05) is 23.8 Å². The van der Waals surface area contributed by atoms with Crippen molar-refractivity contribution in [3.63, 3.8) is 0 Å². The second-order valence-corrected chi connectivity index (χ2v) is 5.90. The van der Waals surface area contributed by atoms with Gasteiger partial charge in [0.15, 0.2) is 0 Å². The summed E-state index contributed by atoms with van der Waals surface area (Å²) in [4.78, 5) is 7.35. The number of nitriles is 1. The molecule has 0 unspecified atom stereocenters. The molecule has 19 heavy (non-hydrogen) atoms. The molecule has 0 radical (unpaired) electrons. The van der Waals surface area contributed by atoms with Crippen molar-refractivity contribution in [3.05, 3.63) is 39.5 Å². The zero-order valence-electron chi connectivity index (χ0n) is 10.1. The first-order chi connectivity index (χ1) is 9.20. The van der Waals surface area contributed by atoms with Crippen LogP contribution < -0.4 is 10.6 Å². The van der Waals surface area contributed by atoms with Gasteiger partial charge in [0.1, 0.15) is 11.1 Å². The first-order valence-corrected chi connectivity index (χ1v) is 7.04. The van der Waals surface area contributed by atoms with Gasteiger partial charge in [0.25, 0.3) is 0 Å². The molecule has 6 heteroatoms. The number of halogens is 1. The molecular formula is C13H11ClN4S. The largest absolute Gasteiger partial charge is 0.389 e. The van der Waals surface area contributed by atoms with Crippen molar-refractivity contribution in [2.24, 2.45) is 0 Å². The van der Waals surface area contributed by atoms with Crippen molar-refractivity contribution >= 4 is 33.6 Å². The van der Waals surface area contributed by atoms with E-state index in [1.54, 1.807) is 12.4 Å². The quantitative estimate of drug-likeness (QED) is 0.877. The minimum Gasteiger partial charge on any atom is -0.389 e. The molecule has 0 saturated heterocycles. The number of anilines is 2. The third-order valence-corrected chi connectivity index (χ3v) is 4.62. The number of nitrogen functional groups attached to an aromatic ring is 1. The number of nitrogens with zero attached hydrogens (tertiary/aromatic N) is 3. The lowest BCUT2D eigenvalue weighted by Crippen LogP contribution is -2.29. The lowest BCUT2D eigenvalue weighted by Gasteiger charge is -2.29. The molecule has 3 rings (SSSR count). The van der Waals surface area contributed by atoms with Crippen molar-refractivity contribution in [2.75, 3.05) is 17.2 Å². The Hall–Kier alpha value is -1.77. The molecule has 2 N–H and O–H groups in total. The standard InChI is InChI=1S/C13H11ClN4S/c14-10-6-17-3-1-11(10)18-4-2-8-9(5-15)13(16)19-12(8)7-18/h1,3,6H,2,4,7,16H2. The Morgan fingerprint density at radius 3 is 3.11 bits per heavy atom. The van der Waals surface area contributed by atoms with Crippen LogP contribution in [0.25, 0.3) is 0 Å². The van der Waals surface area contributed by atoms with Gasteiger partial charge in [-0.15, -0.1) is 11.3 Å². The Bertz CT molecular complexity index is 674. The summed E-state index contributed by atoms with van der Waals surface area (Å²) in [6.07, 6.45) is 4.21. The van der Waals surface area contributed by atoms with E-state index >= 15 is 0 Å². The summed E-state index contributed by atoms with van der Waals surface area (Å²) in [5, 5.41) is 10.4. The van der Waals surface area contributed by atoms with E-state index in [4.69, 9.17) is 22.6 Å². The van der Waals surface area contributed by atoms with Gasteiger partial charge in [0.05, 0.1) is 22.8 Å². The van der Waals surface area contributed by atoms with Crippen LogP contribution >= 0.6 is 22.9 Å². The number of aromatic nitrogens is 1. The number of hydrogen-bond donors (Lipinski definition) is 1. The molecule has 4 nitrogen and oxygen atoms in total. The molecule has 3 heterocycles. The Kier molecular flexibility index (Phi) is 3.05. The van der Waals surface area contributed by atoms with Crippen LogP contribution in [0.3, 0.4) is 0 Å². The molecule has 0 spiro atoms. The lowest BCUT2D eigenvalue weighted by atomic mass is 10.0. The number of nitrogens with two attached hydrogens (primary N) is 1. The van der Waals surface area contributed by atoms with Crippen molar-refractivity contribution in [1.29, 1.82) is 5.26 Å². The fourth-order valence-corrected chi connectivity index (χ4v) is 3.70. The number of thiophene rings is 1. The summed E-state index contributed by atoms with van der Waals surface area (Å²) in [6, 6.07) is 4.11. The van der Waals surface area contributed by atoms with Crippen LogP contribution in [0.4, 0.5) is 10.7 Å². The molecule has 0 amide bonds. The van der Waals surface area contributed by atoms with Crippen LogP contribution in [-0.4, -0.2) is 11.5 Å². The molecule has 1 aliphatic heterocycles. The van der Waals surface area contributed by atoms with Crippen LogP contribution in [0, 0.1) is 11.3 Å². The molecule has 2 aromatic rings. The van der Waals surface area contributed by atoms with Crippen molar-refractivity contribution in [1.82, 2.24) is 4.98 Å². The number of pyridine rings is 1. The van der Waals surface area contributed by atoms with Gasteiger partial charge in [-0.25, -0.2) is 0 Å². The number of hydrogen-bond acceptors (Lipinski definition) is 5. The van der Waals surface area contributed by atoms with Gasteiger partial charge in [-0.3, -0.25) is 4.98 Å². The van der Waals surface area contributed by atoms with Gasteiger partial charge in [-0.2, -0.15) is 5.26 Å². The van der Waals surface area contributed by atoms with Crippen LogP contribution in [0.5, 0.6) is 0 Å². The fourth-order valence-electron chi connectivity index (χ4n) is 2.38. The summed E-state index contributed by atoms with van der Waals surface area (Å²) in [7, 11) is 0. The summed E-state index contributed by atoms with van der Waals surface area (Å²) >= 11 is 7.67. The molecule has 0 bridgehead atoms. The third-order valence-electron chi connectivity index (χ3n) is 3.29. The van der Waals surface area contributed by atoms with Crippen LogP contribution in [0.2, 0.25) is 5.02 Å². The van der Waals surface area contributed by atoms with Crippen molar-refractivity contribution in [2.45, 2.75) is 13.0 Å². The molecule has 0 atom stereocenters. The molecule has 0 aliphatic carbocycles. The maximum atomic E-state index is 9.12. The Morgan fingerprint density at radius 2 is 2.37 bits per heavy atom. The molecule has 2 aromatic heterocycles. The van der Waals surface area contributed by atoms with E-state index in [1.165, 1.54) is 11.3 Å². The molecule has 0 saturated carbocycles. The highest BCUT2D eigenvalue weighted by Crippen LogP contribution is 2.37. The maximum Gasteiger partial charge on any atom is 0.104 e. The van der Waals surface area contributed by atoms with Crippen LogP contribution in [0.15, 0.2) is 18.5 Å². The molecule has 1 aliphatic rings. The third kappa shape index (κ3) is 2.03. The Labute approximate surface area is 120 Å². The molecule has 96 valence electrons. The summed E-state index contributed by atoms with van der Waals surface area (Å²) in [6.45, 7) is 1.58. The van der Waals surface area contributed by atoms with Gasteiger partial charge in [-0.1, -0.05) is 11.6 Å². The van der Waals surface area contributed by atoms with Gasteiger partial charge in [-0.05, 0) is 18.1 Å². The zero-order chi connectivity index (χ0) is 13.4. The van der Waals surface area contributed by atoms with Crippen LogP contribution in [0.1, 0.15) is 16.0 Å². The van der Waals surface area contributed by atoms with E-state index in [0.29, 0.717) is 15.6 Å². The average molecular weight is 291 g/mol. The van der Waals surface area contributed by atoms with Gasteiger partial charge in [0.2, 0.25) is 0 Å². The summed E-state index contributed by atoms with van der Waals surface area (Å²) < 4.78 is 0. The summed E-state index contributed by atoms with van der Waals surface area (Å²) in [5.41, 5.74) is 8.62. The maximum absolute atomic E-state index is 9.12. The minimum absolute atomic E-state index is 0.621. The van der Waals surface area contributed by atoms with E-state index in [-0.39, 0.29) is 0 Å². The monoisotopic (exact) mass is 290 g/mol. The Morgan fingerprint density at radius 1 is 1.53 bits per heavy atom. The second-order valence-electron chi connectivity index (χ2n) is 4.35. The van der Waals surface area contributed by atoms with E-state index in [2.05, 4.69) is 16.0 Å². The average Bonchev–Trinajstić information content (AvgIpc) is 2.73. The smallest absolute Gasteiger partial charge is 0.104 e. The van der Waals surface area contributed by atoms with E-state index in [1.807, 2.05) is 6.07 Å². The zero-order valence-corrected chi connectivity index (χ0v) is 11.6. The normalized spacial score (nSPS) is 14.0. The van der Waals surface area contributed by atoms with Gasteiger partial charge >= 0.3 is 0 Å². The Balaban J connectivity index is 1.96. The van der Waals surface area contributed by atoms with Crippen molar-refractivity contribution < 1.29 is 0 Å². The molecular weight excluding hydrogens is 280 g/mol. The second kappa shape index (κ2) is 4.72. The molecule has 0 aromatic carbocycles. The topological polar surface area (TPSA) is 65.9 Å². The predicted molar refractivity (Wildman–Crippen MR) is 77.4 cm³/mol. The first-order valence-electron chi connectivity index (χ1n) is 5.85.